The highest BCUT2D eigenvalue weighted by Crippen LogP contribution is 2.42. The zero-order valence-corrected chi connectivity index (χ0v) is 20.0. The molecule has 2 heterocycles. The van der Waals surface area contributed by atoms with Crippen molar-refractivity contribution in [1.82, 2.24) is 0 Å². The molecule has 33 heavy (non-hydrogen) atoms. The summed E-state index contributed by atoms with van der Waals surface area (Å²) in [5.74, 6) is 0.905. The minimum atomic E-state index is -0.551. The fraction of sp³-hybridized carbons (Fsp3) is 0.227. The highest BCUT2D eigenvalue weighted by atomic mass is 35.5. The zero-order chi connectivity index (χ0) is 23.5. The fourth-order valence-electron chi connectivity index (χ4n) is 3.13. The molecule has 1 saturated heterocycles. The third kappa shape index (κ3) is 4.87. The van der Waals surface area contributed by atoms with Gasteiger partial charge in [0.05, 0.1) is 29.3 Å². The molecule has 4 rings (SSSR count). The van der Waals surface area contributed by atoms with E-state index >= 15 is 0 Å². The molecule has 0 spiro atoms. The van der Waals surface area contributed by atoms with Gasteiger partial charge < -0.3 is 23.7 Å². The molecule has 2 aromatic carbocycles. The molecule has 0 unspecified atom stereocenters. The van der Waals surface area contributed by atoms with Gasteiger partial charge in [0.2, 0.25) is 6.79 Å². The van der Waals surface area contributed by atoms with Gasteiger partial charge in [-0.2, -0.15) is 0 Å². The van der Waals surface area contributed by atoms with Gasteiger partial charge in [-0.25, -0.2) is 4.79 Å². The topological polar surface area (TPSA) is 83.5 Å². The first-order chi connectivity index (χ1) is 15.9. The normalized spacial score (nSPS) is 15.8. The van der Waals surface area contributed by atoms with Gasteiger partial charge in [-0.15, -0.1) is 0 Å². The van der Waals surface area contributed by atoms with E-state index in [0.29, 0.717) is 44.3 Å². The molecule has 2 aromatic rings. The molecule has 0 aromatic heterocycles. The Morgan fingerprint density at radius 1 is 1.24 bits per heavy atom. The van der Waals surface area contributed by atoms with Crippen LogP contribution in [0.15, 0.2) is 35.2 Å². The molecule has 0 N–H and O–H groups in total. The number of thioether (sulfide) groups is 1. The number of thiocarbonyl (C=S) groups is 1. The predicted octanol–water partition coefficient (Wildman–Crippen LogP) is 4.43. The fourth-order valence-corrected chi connectivity index (χ4v) is 4.70. The number of halogens is 1. The summed E-state index contributed by atoms with van der Waals surface area (Å²) in [6, 6.07) is 8.49. The lowest BCUT2D eigenvalue weighted by molar-refractivity contribution is -0.142. The van der Waals surface area contributed by atoms with Crippen molar-refractivity contribution in [3.05, 3.63) is 45.8 Å². The number of anilines is 1. The van der Waals surface area contributed by atoms with Crippen LogP contribution in [0.5, 0.6) is 23.0 Å². The molecule has 0 radical (unpaired) electrons. The van der Waals surface area contributed by atoms with E-state index in [-0.39, 0.29) is 30.1 Å². The van der Waals surface area contributed by atoms with Crippen LogP contribution in [0.25, 0.3) is 6.08 Å². The van der Waals surface area contributed by atoms with Crippen LogP contribution >= 0.6 is 35.6 Å². The van der Waals surface area contributed by atoms with Crippen LogP contribution in [0.1, 0.15) is 12.5 Å². The van der Waals surface area contributed by atoms with E-state index in [9.17, 15) is 9.59 Å². The van der Waals surface area contributed by atoms with Gasteiger partial charge in [0, 0.05) is 6.07 Å². The second-order valence-corrected chi connectivity index (χ2v) is 8.77. The van der Waals surface area contributed by atoms with Crippen molar-refractivity contribution in [1.29, 1.82) is 0 Å². The number of hydrogen-bond donors (Lipinski definition) is 0. The number of fused-ring (bicyclic) bond motifs is 1. The Balaban J connectivity index is 1.61. The second kappa shape index (κ2) is 9.90. The zero-order valence-electron chi connectivity index (χ0n) is 17.6. The van der Waals surface area contributed by atoms with Gasteiger partial charge in [-0.1, -0.05) is 35.6 Å². The lowest BCUT2D eigenvalue weighted by Gasteiger charge is -2.15. The summed E-state index contributed by atoms with van der Waals surface area (Å²) in [6.45, 7) is 1.98. The third-order valence-corrected chi connectivity index (χ3v) is 6.18. The molecular weight excluding hydrogens is 490 g/mol. The van der Waals surface area contributed by atoms with Gasteiger partial charge in [0.1, 0.15) is 0 Å². The summed E-state index contributed by atoms with van der Waals surface area (Å²) in [5.41, 5.74) is 1.20. The summed E-state index contributed by atoms with van der Waals surface area (Å²) < 4.78 is 26.8. The second-order valence-electron chi connectivity index (χ2n) is 6.68. The summed E-state index contributed by atoms with van der Waals surface area (Å²) in [7, 11) is 1.26. The molecule has 1 fully saturated rings. The van der Waals surface area contributed by atoms with Gasteiger partial charge >= 0.3 is 5.97 Å². The standard InChI is InChI=1S/C22H18ClNO7S2/c1-3-28-17-7-12(6-14(23)20(17)29-10-19(25)27-2)8-18-21(26)24(22(32)33-18)13-4-5-15-16(9-13)31-11-30-15/h4-9H,3,10-11H2,1-2H3/b18-8-. The largest absolute Gasteiger partial charge is 0.490 e. The van der Waals surface area contributed by atoms with Gasteiger partial charge in [-0.3, -0.25) is 9.69 Å². The number of esters is 1. The number of carbonyl (C=O) groups excluding carboxylic acids is 2. The van der Waals surface area contributed by atoms with Crippen molar-refractivity contribution in [3.63, 3.8) is 0 Å². The van der Waals surface area contributed by atoms with Crippen LogP contribution in [0.3, 0.4) is 0 Å². The van der Waals surface area contributed by atoms with E-state index in [1.54, 1.807) is 43.3 Å². The molecule has 0 atom stereocenters. The van der Waals surface area contributed by atoms with Crippen molar-refractivity contribution in [3.8, 4) is 23.0 Å². The Morgan fingerprint density at radius 2 is 2.03 bits per heavy atom. The van der Waals surface area contributed by atoms with Crippen molar-refractivity contribution >= 4 is 63.5 Å². The minimum absolute atomic E-state index is 0.138. The number of nitrogens with zero attached hydrogens (tertiary/aromatic N) is 1. The first-order valence-corrected chi connectivity index (χ1v) is 11.3. The Bertz CT molecular complexity index is 1170. The predicted molar refractivity (Wildman–Crippen MR) is 128 cm³/mol. The van der Waals surface area contributed by atoms with Crippen molar-refractivity contribution in [2.75, 3.05) is 32.0 Å². The van der Waals surface area contributed by atoms with E-state index in [1.807, 2.05) is 0 Å². The van der Waals surface area contributed by atoms with Gasteiger partial charge in [0.15, 0.2) is 33.9 Å². The number of ether oxygens (including phenoxy) is 5. The summed E-state index contributed by atoms with van der Waals surface area (Å²) >= 11 is 13.0. The summed E-state index contributed by atoms with van der Waals surface area (Å²) in [6.07, 6.45) is 1.67. The van der Waals surface area contributed by atoms with Gasteiger partial charge in [0.25, 0.3) is 5.91 Å². The number of carbonyl (C=O) groups is 2. The highest BCUT2D eigenvalue weighted by molar-refractivity contribution is 8.27. The van der Waals surface area contributed by atoms with Gasteiger partial charge in [-0.05, 0) is 42.8 Å². The monoisotopic (exact) mass is 507 g/mol. The lowest BCUT2D eigenvalue weighted by Crippen LogP contribution is -2.27. The molecular formula is C22H18ClNO7S2. The average Bonchev–Trinajstić information content (AvgIpc) is 3.36. The van der Waals surface area contributed by atoms with E-state index in [4.69, 9.17) is 42.8 Å². The van der Waals surface area contributed by atoms with Crippen LogP contribution in [0.2, 0.25) is 5.02 Å². The molecule has 1 amide bonds. The molecule has 0 saturated carbocycles. The smallest absolute Gasteiger partial charge is 0.343 e. The maximum Gasteiger partial charge on any atom is 0.343 e. The van der Waals surface area contributed by atoms with Crippen LogP contribution in [-0.4, -0.2) is 43.3 Å². The molecule has 0 aliphatic carbocycles. The first kappa shape index (κ1) is 23.2. The molecule has 2 aliphatic rings. The number of rotatable bonds is 7. The average molecular weight is 508 g/mol. The molecule has 172 valence electrons. The maximum atomic E-state index is 13.1. The van der Waals surface area contributed by atoms with E-state index in [1.165, 1.54) is 23.8 Å². The van der Waals surface area contributed by atoms with E-state index in [0.717, 1.165) is 0 Å². The maximum absolute atomic E-state index is 13.1. The van der Waals surface area contributed by atoms with Crippen LogP contribution < -0.4 is 23.8 Å². The molecule has 11 heteroatoms. The SMILES string of the molecule is CCOc1cc(/C=C2\SC(=S)N(c3ccc4c(c3)OCO4)C2=O)cc(Cl)c1OCC(=O)OC. The minimum Gasteiger partial charge on any atom is -0.490 e. The summed E-state index contributed by atoms with van der Waals surface area (Å²) in [4.78, 5) is 26.4. The quantitative estimate of drug-likeness (QED) is 0.307. The molecule has 2 aliphatic heterocycles. The Hall–Kier alpha value is -2.95. The van der Waals surface area contributed by atoms with Crippen molar-refractivity contribution in [2.24, 2.45) is 0 Å². The Morgan fingerprint density at radius 3 is 2.79 bits per heavy atom. The number of benzene rings is 2. The molecule has 8 nitrogen and oxygen atoms in total. The number of methoxy groups -OCH3 is 1. The lowest BCUT2D eigenvalue weighted by atomic mass is 10.1. The third-order valence-electron chi connectivity index (χ3n) is 4.60. The van der Waals surface area contributed by atoms with E-state index in [2.05, 4.69) is 4.74 Å². The first-order valence-electron chi connectivity index (χ1n) is 9.74. The van der Waals surface area contributed by atoms with E-state index < -0.39 is 5.97 Å². The molecule has 0 bridgehead atoms. The Kier molecular flexibility index (Phi) is 6.96. The van der Waals surface area contributed by atoms with Crippen molar-refractivity contribution in [2.45, 2.75) is 6.92 Å². The van der Waals surface area contributed by atoms with Crippen LogP contribution in [0.4, 0.5) is 5.69 Å². The highest BCUT2D eigenvalue weighted by Gasteiger charge is 2.34. The number of hydrogen-bond acceptors (Lipinski definition) is 9. The van der Waals surface area contributed by atoms with Crippen LogP contribution in [0, 0.1) is 0 Å². The van der Waals surface area contributed by atoms with Crippen molar-refractivity contribution < 1.29 is 33.3 Å². The number of amides is 1. The Labute approximate surface area is 204 Å². The summed E-state index contributed by atoms with van der Waals surface area (Å²) in [5, 5.41) is 0.224. The van der Waals surface area contributed by atoms with Crippen LogP contribution in [-0.2, 0) is 14.3 Å².